The number of ketones is 1. The Morgan fingerprint density at radius 1 is 1.32 bits per heavy atom. The highest BCUT2D eigenvalue weighted by Gasteiger charge is 2.22. The van der Waals surface area contributed by atoms with E-state index >= 15 is 0 Å². The lowest BCUT2D eigenvalue weighted by molar-refractivity contribution is 0.101. The maximum Gasteiger partial charge on any atom is 0.177 e. The van der Waals surface area contributed by atoms with Crippen molar-refractivity contribution in [2.45, 2.75) is 11.8 Å². The number of aromatic nitrogens is 1. The van der Waals surface area contributed by atoms with Gasteiger partial charge in [-0.25, -0.2) is 12.8 Å². The summed E-state index contributed by atoms with van der Waals surface area (Å²) in [6.45, 7) is 1.19. The van der Waals surface area contributed by atoms with E-state index in [1.807, 2.05) is 0 Å². The molecular weight excluding hydrogens is 333 g/mol. The molecule has 0 atom stereocenters. The number of aromatic hydroxyl groups is 1. The van der Waals surface area contributed by atoms with Gasteiger partial charge in [0.1, 0.15) is 5.75 Å². The third-order valence-corrected chi connectivity index (χ3v) is 4.36. The number of carbonyl (C=O) groups is 1. The summed E-state index contributed by atoms with van der Waals surface area (Å²) < 4.78 is 37.3. The van der Waals surface area contributed by atoms with Gasteiger partial charge in [-0.3, -0.25) is 9.78 Å². The molecule has 0 bridgehead atoms. The maximum absolute atomic E-state index is 14.2. The average molecular weight is 344 g/mol. The Hall–Kier alpha value is -1.99. The molecule has 0 aliphatic heterocycles. The number of hydrogen-bond donors (Lipinski definition) is 1. The molecule has 2 aromatic rings. The van der Waals surface area contributed by atoms with Crippen LogP contribution in [-0.4, -0.2) is 30.5 Å². The lowest BCUT2D eigenvalue weighted by atomic mass is 10.0. The molecule has 116 valence electrons. The number of carbonyl (C=O) groups excluding carboxylic acids is 1. The molecule has 1 aromatic carbocycles. The summed E-state index contributed by atoms with van der Waals surface area (Å²) in [5, 5.41) is 9.76. The third kappa shape index (κ3) is 2.95. The van der Waals surface area contributed by atoms with Crippen LogP contribution in [0, 0.1) is 5.82 Å². The predicted molar refractivity (Wildman–Crippen MR) is 79.4 cm³/mol. The number of Topliss-reactive ketones (excluding diaryl/α,β-unsaturated/α-hetero) is 1. The molecule has 0 aliphatic rings. The van der Waals surface area contributed by atoms with E-state index in [0.29, 0.717) is 0 Å². The molecule has 22 heavy (non-hydrogen) atoms. The number of pyridine rings is 1. The third-order valence-electron chi connectivity index (χ3n) is 3.00. The Morgan fingerprint density at radius 3 is 2.50 bits per heavy atom. The Morgan fingerprint density at radius 2 is 1.95 bits per heavy atom. The minimum absolute atomic E-state index is 0.00271. The molecule has 0 fully saturated rings. The van der Waals surface area contributed by atoms with Gasteiger partial charge in [0, 0.05) is 24.2 Å². The molecule has 0 aliphatic carbocycles. The van der Waals surface area contributed by atoms with Crippen LogP contribution in [0.3, 0.4) is 0 Å². The van der Waals surface area contributed by atoms with Crippen molar-refractivity contribution in [3.63, 3.8) is 0 Å². The van der Waals surface area contributed by atoms with Crippen LogP contribution in [0.25, 0.3) is 11.1 Å². The summed E-state index contributed by atoms with van der Waals surface area (Å²) in [5.74, 6) is -2.08. The van der Waals surface area contributed by atoms with Gasteiger partial charge in [-0.05, 0) is 19.1 Å². The highest BCUT2D eigenvalue weighted by Crippen LogP contribution is 2.39. The van der Waals surface area contributed by atoms with Crippen molar-refractivity contribution in [2.75, 3.05) is 6.26 Å². The SMILES string of the molecule is CC(=O)c1cc(Cl)c(F)c(-c2cncc(S(C)(=O)=O)c2)c1O. The molecule has 0 radical (unpaired) electrons. The van der Waals surface area contributed by atoms with Gasteiger partial charge >= 0.3 is 0 Å². The number of halogens is 2. The Bertz CT molecular complexity index is 881. The second-order valence-electron chi connectivity index (χ2n) is 4.68. The Kier molecular flexibility index (Phi) is 4.21. The van der Waals surface area contributed by atoms with Crippen molar-refractivity contribution in [2.24, 2.45) is 0 Å². The number of nitrogens with zero attached hydrogens (tertiary/aromatic N) is 1. The quantitative estimate of drug-likeness (QED) is 0.866. The van der Waals surface area contributed by atoms with Gasteiger partial charge in [0.15, 0.2) is 21.4 Å². The van der Waals surface area contributed by atoms with Crippen LogP contribution >= 0.6 is 11.6 Å². The molecule has 0 unspecified atom stereocenters. The van der Waals surface area contributed by atoms with Crippen LogP contribution in [0.2, 0.25) is 5.02 Å². The number of benzene rings is 1. The monoisotopic (exact) mass is 343 g/mol. The standard InChI is InChI=1S/C14H11ClFNO4S/c1-7(18)10-4-11(15)13(16)12(14(10)19)8-3-9(6-17-5-8)22(2,20)21/h3-6,19H,1-2H3. The first kappa shape index (κ1) is 16.4. The second-order valence-corrected chi connectivity index (χ2v) is 7.10. The fraction of sp³-hybridized carbons (Fsp3) is 0.143. The van der Waals surface area contributed by atoms with Crippen molar-refractivity contribution in [3.05, 3.63) is 40.9 Å². The van der Waals surface area contributed by atoms with E-state index in [2.05, 4.69) is 4.98 Å². The van der Waals surface area contributed by atoms with Gasteiger partial charge in [-0.2, -0.15) is 0 Å². The smallest absolute Gasteiger partial charge is 0.177 e. The van der Waals surface area contributed by atoms with Crippen molar-refractivity contribution in [1.29, 1.82) is 0 Å². The lowest BCUT2D eigenvalue weighted by Gasteiger charge is -2.11. The number of rotatable bonds is 3. The van der Waals surface area contributed by atoms with Crippen LogP contribution in [0.5, 0.6) is 5.75 Å². The maximum atomic E-state index is 14.2. The number of hydrogen-bond acceptors (Lipinski definition) is 5. The fourth-order valence-electron chi connectivity index (χ4n) is 1.91. The molecule has 1 N–H and O–H groups in total. The summed E-state index contributed by atoms with van der Waals surface area (Å²) in [7, 11) is -3.56. The van der Waals surface area contributed by atoms with Gasteiger partial charge in [0.2, 0.25) is 0 Å². The Labute approximate surface area is 131 Å². The van der Waals surface area contributed by atoms with Crippen LogP contribution < -0.4 is 0 Å². The van der Waals surface area contributed by atoms with Crippen molar-refractivity contribution in [3.8, 4) is 16.9 Å². The summed E-state index contributed by atoms with van der Waals surface area (Å²) >= 11 is 5.74. The van der Waals surface area contributed by atoms with E-state index in [1.54, 1.807) is 0 Å². The largest absolute Gasteiger partial charge is 0.506 e. The molecule has 1 aromatic heterocycles. The van der Waals surface area contributed by atoms with Crippen LogP contribution in [-0.2, 0) is 9.84 Å². The van der Waals surface area contributed by atoms with Crippen molar-refractivity contribution < 1.29 is 22.7 Å². The van der Waals surface area contributed by atoms with Crippen molar-refractivity contribution >= 4 is 27.2 Å². The van der Waals surface area contributed by atoms with Crippen LogP contribution in [0.1, 0.15) is 17.3 Å². The first-order valence-electron chi connectivity index (χ1n) is 6.00. The molecule has 0 saturated heterocycles. The first-order valence-corrected chi connectivity index (χ1v) is 8.27. The van der Waals surface area contributed by atoms with Gasteiger partial charge in [0.05, 0.1) is 21.0 Å². The highest BCUT2D eigenvalue weighted by atomic mass is 35.5. The van der Waals surface area contributed by atoms with Gasteiger partial charge in [0.25, 0.3) is 0 Å². The number of phenolic OH excluding ortho intramolecular Hbond substituents is 1. The zero-order chi connectivity index (χ0) is 16.7. The van der Waals surface area contributed by atoms with E-state index in [9.17, 15) is 22.7 Å². The minimum Gasteiger partial charge on any atom is -0.506 e. The molecule has 0 saturated carbocycles. The van der Waals surface area contributed by atoms with E-state index in [-0.39, 0.29) is 26.6 Å². The van der Waals surface area contributed by atoms with Gasteiger partial charge < -0.3 is 5.11 Å². The second kappa shape index (κ2) is 5.66. The molecule has 1 heterocycles. The number of phenols is 1. The molecular formula is C14H11ClFNO4S. The highest BCUT2D eigenvalue weighted by molar-refractivity contribution is 7.90. The van der Waals surface area contributed by atoms with Crippen molar-refractivity contribution in [1.82, 2.24) is 4.98 Å². The minimum atomic E-state index is -3.56. The van der Waals surface area contributed by atoms with E-state index in [0.717, 1.165) is 24.6 Å². The summed E-state index contributed by atoms with van der Waals surface area (Å²) in [6.07, 6.45) is 3.25. The number of sulfone groups is 1. The van der Waals surface area contributed by atoms with E-state index in [4.69, 9.17) is 11.6 Å². The zero-order valence-corrected chi connectivity index (χ0v) is 13.2. The molecule has 0 spiro atoms. The predicted octanol–water partition coefficient (Wildman–Crippen LogP) is 2.85. The fourth-order valence-corrected chi connectivity index (χ4v) is 2.70. The van der Waals surface area contributed by atoms with Crippen LogP contribution in [0.4, 0.5) is 4.39 Å². The summed E-state index contributed by atoms with van der Waals surface area (Å²) in [4.78, 5) is 15.1. The molecule has 2 rings (SSSR count). The van der Waals surface area contributed by atoms with E-state index < -0.39 is 27.2 Å². The average Bonchev–Trinajstić information content (AvgIpc) is 2.42. The lowest BCUT2D eigenvalue weighted by Crippen LogP contribution is -2.01. The molecule has 0 amide bonds. The topological polar surface area (TPSA) is 84.3 Å². The molecule has 5 nitrogen and oxygen atoms in total. The Balaban J connectivity index is 2.81. The van der Waals surface area contributed by atoms with Gasteiger partial charge in [-0.15, -0.1) is 0 Å². The normalized spacial score (nSPS) is 11.5. The van der Waals surface area contributed by atoms with E-state index in [1.165, 1.54) is 13.1 Å². The summed E-state index contributed by atoms with van der Waals surface area (Å²) in [6, 6.07) is 2.17. The first-order chi connectivity index (χ1) is 10.1. The van der Waals surface area contributed by atoms with Crippen LogP contribution in [0.15, 0.2) is 29.4 Å². The molecule has 8 heteroatoms. The summed E-state index contributed by atoms with van der Waals surface area (Å²) in [5.41, 5.74) is -0.523. The zero-order valence-electron chi connectivity index (χ0n) is 11.6. The van der Waals surface area contributed by atoms with Gasteiger partial charge in [-0.1, -0.05) is 11.6 Å².